The average molecular weight is 409 g/mol. The van der Waals surface area contributed by atoms with E-state index in [9.17, 15) is 13.2 Å². The van der Waals surface area contributed by atoms with Gasteiger partial charge in [0.2, 0.25) is 0 Å². The highest BCUT2D eigenvalue weighted by Gasteiger charge is 2.39. The van der Waals surface area contributed by atoms with Crippen LogP contribution < -0.4 is 9.47 Å². The zero-order valence-electron chi connectivity index (χ0n) is 15.8. The molecule has 2 aromatic rings. The second-order valence-corrected chi connectivity index (χ2v) is 7.15. The molecule has 0 aliphatic carbocycles. The second kappa shape index (κ2) is 8.22. The van der Waals surface area contributed by atoms with E-state index in [1.165, 1.54) is 24.3 Å². The Morgan fingerprint density at radius 3 is 1.90 bits per heavy atom. The van der Waals surface area contributed by atoms with Gasteiger partial charge in [-0.05, 0) is 42.0 Å². The molecule has 0 N–H and O–H groups in total. The summed E-state index contributed by atoms with van der Waals surface area (Å²) in [5.41, 5.74) is 1.16. The molecule has 1 spiro atoms. The molecule has 2 aromatic carbocycles. The summed E-state index contributed by atoms with van der Waals surface area (Å²) in [4.78, 5) is 2.37. The molecule has 2 fully saturated rings. The molecule has 0 saturated carbocycles. The molecule has 0 aromatic heterocycles. The number of alkyl halides is 3. The highest BCUT2D eigenvalue weighted by atomic mass is 19.4. The molecule has 2 saturated heterocycles. The van der Waals surface area contributed by atoms with Gasteiger partial charge in [-0.2, -0.15) is 0 Å². The van der Waals surface area contributed by atoms with Crippen LogP contribution in [0, 0.1) is 0 Å². The zero-order chi connectivity index (χ0) is 20.3. The van der Waals surface area contributed by atoms with Crippen LogP contribution in [-0.2, 0) is 16.0 Å². The van der Waals surface area contributed by atoms with Crippen molar-refractivity contribution in [2.24, 2.45) is 0 Å². The fourth-order valence-corrected chi connectivity index (χ4v) is 3.60. The molecule has 0 bridgehead atoms. The first-order chi connectivity index (χ1) is 13.9. The topological polar surface area (TPSA) is 40.2 Å². The Morgan fingerprint density at radius 1 is 0.828 bits per heavy atom. The summed E-state index contributed by atoms with van der Waals surface area (Å²) in [6, 6.07) is 13.0. The van der Waals surface area contributed by atoms with Crippen LogP contribution in [0.3, 0.4) is 0 Å². The van der Waals surface area contributed by atoms with Crippen molar-refractivity contribution in [3.63, 3.8) is 0 Å². The van der Waals surface area contributed by atoms with Gasteiger partial charge in [0.25, 0.3) is 0 Å². The Morgan fingerprint density at radius 2 is 1.34 bits per heavy atom. The van der Waals surface area contributed by atoms with Crippen LogP contribution in [0.1, 0.15) is 18.4 Å². The van der Waals surface area contributed by atoms with E-state index in [0.29, 0.717) is 24.7 Å². The summed E-state index contributed by atoms with van der Waals surface area (Å²) < 4.78 is 57.7. The number of nitrogens with zero attached hydrogens (tertiary/aromatic N) is 1. The van der Waals surface area contributed by atoms with E-state index in [4.69, 9.17) is 14.2 Å². The Kier molecular flexibility index (Phi) is 5.67. The maximum atomic E-state index is 12.2. The zero-order valence-corrected chi connectivity index (χ0v) is 15.8. The first-order valence-corrected chi connectivity index (χ1v) is 9.52. The van der Waals surface area contributed by atoms with Crippen LogP contribution in [0.2, 0.25) is 0 Å². The molecule has 2 aliphatic heterocycles. The number of likely N-dealkylation sites (tertiary alicyclic amines) is 1. The fraction of sp³-hybridized carbons (Fsp3) is 0.429. The van der Waals surface area contributed by atoms with E-state index >= 15 is 0 Å². The SMILES string of the molecule is FC(F)(F)Oc1ccc(Oc2ccc(CN3CCC4(CC3)OCCO4)cc2)cc1. The maximum absolute atomic E-state index is 12.2. The van der Waals surface area contributed by atoms with E-state index in [1.54, 1.807) is 0 Å². The number of rotatable bonds is 5. The van der Waals surface area contributed by atoms with E-state index in [1.807, 2.05) is 24.3 Å². The Hall–Kier alpha value is -2.29. The van der Waals surface area contributed by atoms with Crippen molar-refractivity contribution in [3.05, 3.63) is 54.1 Å². The van der Waals surface area contributed by atoms with Gasteiger partial charge in [-0.15, -0.1) is 13.2 Å². The lowest BCUT2D eigenvalue weighted by Gasteiger charge is -2.37. The van der Waals surface area contributed by atoms with Crippen molar-refractivity contribution in [1.29, 1.82) is 0 Å². The van der Waals surface area contributed by atoms with E-state index in [-0.39, 0.29) is 11.5 Å². The Bertz CT molecular complexity index is 792. The Balaban J connectivity index is 1.28. The maximum Gasteiger partial charge on any atom is 0.573 e. The molecular weight excluding hydrogens is 387 g/mol. The van der Waals surface area contributed by atoms with Crippen molar-refractivity contribution < 1.29 is 32.1 Å². The second-order valence-electron chi connectivity index (χ2n) is 7.15. The molecule has 0 atom stereocenters. The minimum absolute atomic E-state index is 0.281. The molecule has 0 radical (unpaired) electrons. The normalized spacial score (nSPS) is 19.4. The largest absolute Gasteiger partial charge is 0.573 e. The van der Waals surface area contributed by atoms with Crippen LogP contribution in [0.5, 0.6) is 17.2 Å². The summed E-state index contributed by atoms with van der Waals surface area (Å²) in [5, 5.41) is 0. The summed E-state index contributed by atoms with van der Waals surface area (Å²) >= 11 is 0. The predicted molar refractivity (Wildman–Crippen MR) is 98.8 cm³/mol. The number of benzene rings is 2. The molecule has 156 valence electrons. The third-order valence-electron chi connectivity index (χ3n) is 5.05. The van der Waals surface area contributed by atoms with Gasteiger partial charge in [-0.3, -0.25) is 4.90 Å². The van der Waals surface area contributed by atoms with E-state index in [2.05, 4.69) is 9.64 Å². The smallest absolute Gasteiger partial charge is 0.457 e. The number of hydrogen-bond donors (Lipinski definition) is 0. The molecule has 4 rings (SSSR count). The average Bonchev–Trinajstić information content (AvgIpc) is 3.14. The third kappa shape index (κ3) is 5.41. The minimum Gasteiger partial charge on any atom is -0.457 e. The molecule has 5 nitrogen and oxygen atoms in total. The molecule has 29 heavy (non-hydrogen) atoms. The van der Waals surface area contributed by atoms with Crippen molar-refractivity contribution in [2.45, 2.75) is 31.5 Å². The van der Waals surface area contributed by atoms with Crippen LogP contribution in [0.4, 0.5) is 13.2 Å². The highest BCUT2D eigenvalue weighted by molar-refractivity contribution is 5.36. The lowest BCUT2D eigenvalue weighted by atomic mass is 10.0. The van der Waals surface area contributed by atoms with Crippen molar-refractivity contribution in [1.82, 2.24) is 4.90 Å². The summed E-state index contributed by atoms with van der Waals surface area (Å²) in [5.74, 6) is 0.403. The number of hydrogen-bond acceptors (Lipinski definition) is 5. The van der Waals surface area contributed by atoms with E-state index < -0.39 is 6.36 Å². The molecular formula is C21H22F3NO4. The van der Waals surface area contributed by atoms with Crippen LogP contribution in [0.15, 0.2) is 48.5 Å². The predicted octanol–water partition coefficient (Wildman–Crippen LogP) is 4.72. The lowest BCUT2D eigenvalue weighted by molar-refractivity contribution is -0.274. The summed E-state index contributed by atoms with van der Waals surface area (Å²) in [6.45, 7) is 4.04. The lowest BCUT2D eigenvalue weighted by Crippen LogP contribution is -2.44. The first kappa shape index (κ1) is 20.0. The molecule has 2 heterocycles. The summed E-state index contributed by atoms with van der Waals surface area (Å²) in [6.07, 6.45) is -2.95. The molecule has 2 aliphatic rings. The van der Waals surface area contributed by atoms with Crippen molar-refractivity contribution in [3.8, 4) is 17.2 Å². The number of ether oxygens (including phenoxy) is 4. The first-order valence-electron chi connectivity index (χ1n) is 9.52. The standard InChI is InChI=1S/C21H22F3NO4/c22-21(23,24)29-19-7-5-18(6-8-19)28-17-3-1-16(2-4-17)15-25-11-9-20(10-12-25)26-13-14-27-20/h1-8H,9-15H2. The van der Waals surface area contributed by atoms with Gasteiger partial charge in [0.1, 0.15) is 17.2 Å². The number of halogens is 3. The van der Waals surface area contributed by atoms with Crippen molar-refractivity contribution >= 4 is 0 Å². The molecule has 8 heteroatoms. The Labute approximate surface area is 166 Å². The summed E-state index contributed by atoms with van der Waals surface area (Å²) in [7, 11) is 0. The van der Waals surface area contributed by atoms with Crippen LogP contribution in [0.25, 0.3) is 0 Å². The van der Waals surface area contributed by atoms with Gasteiger partial charge in [0.05, 0.1) is 13.2 Å². The highest BCUT2D eigenvalue weighted by Crippen LogP contribution is 2.32. The van der Waals surface area contributed by atoms with Gasteiger partial charge in [0, 0.05) is 32.5 Å². The molecule has 0 amide bonds. The third-order valence-corrected chi connectivity index (χ3v) is 5.05. The van der Waals surface area contributed by atoms with Crippen LogP contribution >= 0.6 is 0 Å². The fourth-order valence-electron chi connectivity index (χ4n) is 3.60. The van der Waals surface area contributed by atoms with Gasteiger partial charge < -0.3 is 18.9 Å². The molecule has 0 unspecified atom stereocenters. The van der Waals surface area contributed by atoms with Gasteiger partial charge in [-0.25, -0.2) is 0 Å². The minimum atomic E-state index is -4.70. The number of piperidine rings is 1. The van der Waals surface area contributed by atoms with Gasteiger partial charge in [-0.1, -0.05) is 12.1 Å². The van der Waals surface area contributed by atoms with Crippen molar-refractivity contribution in [2.75, 3.05) is 26.3 Å². The van der Waals surface area contributed by atoms with Gasteiger partial charge >= 0.3 is 6.36 Å². The van der Waals surface area contributed by atoms with Gasteiger partial charge in [0.15, 0.2) is 5.79 Å². The van der Waals surface area contributed by atoms with E-state index in [0.717, 1.165) is 38.0 Å². The van der Waals surface area contributed by atoms with Crippen LogP contribution in [-0.4, -0.2) is 43.4 Å². The quantitative estimate of drug-likeness (QED) is 0.715. The monoisotopic (exact) mass is 409 g/mol.